The number of hydrogen-bond donors (Lipinski definition) is 1. The van der Waals surface area contributed by atoms with Gasteiger partial charge in [0, 0.05) is 26.6 Å². The van der Waals surface area contributed by atoms with Gasteiger partial charge >= 0.3 is 5.97 Å². The molecule has 6 nitrogen and oxygen atoms in total. The molecule has 3 aromatic carbocycles. The molecule has 0 spiro atoms. The lowest BCUT2D eigenvalue weighted by Crippen LogP contribution is -2.17. The molecule has 1 heterocycles. The summed E-state index contributed by atoms with van der Waals surface area (Å²) in [6.45, 7) is -0.302. The molecule has 0 aliphatic carbocycles. The lowest BCUT2D eigenvalue weighted by atomic mass is 10.2. The Bertz CT molecular complexity index is 1270. The van der Waals surface area contributed by atoms with E-state index in [4.69, 9.17) is 32.7 Å². The zero-order valence-corrected chi connectivity index (χ0v) is 18.9. The van der Waals surface area contributed by atoms with E-state index in [0.717, 1.165) is 15.4 Å². The highest BCUT2D eigenvalue weighted by Gasteiger charge is 2.10. The minimum absolute atomic E-state index is 0.302. The van der Waals surface area contributed by atoms with Crippen LogP contribution in [0, 0.1) is 0 Å². The largest absolute Gasteiger partial charge is 0.480 e. The zero-order valence-electron chi connectivity index (χ0n) is 15.8. The molecule has 0 saturated heterocycles. The molecule has 1 aromatic heterocycles. The Hall–Kier alpha value is -2.87. The van der Waals surface area contributed by atoms with Crippen molar-refractivity contribution >= 4 is 67.5 Å². The Morgan fingerprint density at radius 3 is 2.74 bits per heavy atom. The van der Waals surface area contributed by atoms with Crippen LogP contribution in [0.5, 0.6) is 11.5 Å². The van der Waals surface area contributed by atoms with E-state index < -0.39 is 5.97 Å². The number of anilines is 2. The number of nitrogens with zero attached hydrogens (tertiary/aromatic N) is 2. The van der Waals surface area contributed by atoms with Crippen molar-refractivity contribution in [1.29, 1.82) is 0 Å². The molecule has 0 aliphatic rings. The second kappa shape index (κ2) is 9.51. The minimum atomic E-state index is -0.570. The zero-order chi connectivity index (χ0) is 21.8. The quantitative estimate of drug-likeness (QED) is 0.234. The Morgan fingerprint density at radius 2 is 1.90 bits per heavy atom. The minimum Gasteiger partial charge on any atom is -0.480 e. The van der Waals surface area contributed by atoms with Crippen LogP contribution in [-0.2, 0) is 4.79 Å². The number of halogens is 3. The molecule has 0 radical (unpaired) electrons. The third kappa shape index (κ3) is 5.44. The van der Waals surface area contributed by atoms with Crippen molar-refractivity contribution in [3.05, 3.63) is 81.5 Å². The van der Waals surface area contributed by atoms with Crippen LogP contribution in [0.2, 0.25) is 10.0 Å². The summed E-state index contributed by atoms with van der Waals surface area (Å²) in [6.07, 6.45) is 1.49. The first-order valence-corrected chi connectivity index (χ1v) is 10.6. The molecule has 0 bridgehead atoms. The first kappa shape index (κ1) is 21.4. The number of esters is 1. The molecule has 4 rings (SSSR count). The first-order valence-electron chi connectivity index (χ1n) is 9.04. The van der Waals surface area contributed by atoms with Gasteiger partial charge in [-0.15, -0.1) is 0 Å². The molecule has 0 fully saturated rings. The average Bonchev–Trinajstić information content (AvgIpc) is 2.74. The smallest absolute Gasteiger partial charge is 0.349 e. The fraction of sp³-hybridized carbons (Fsp3) is 0.0455. The summed E-state index contributed by atoms with van der Waals surface area (Å²) in [4.78, 5) is 20.8. The van der Waals surface area contributed by atoms with Crippen molar-refractivity contribution in [3.63, 3.8) is 0 Å². The van der Waals surface area contributed by atoms with Crippen LogP contribution in [0.15, 0.2) is 71.5 Å². The van der Waals surface area contributed by atoms with Gasteiger partial charge < -0.3 is 14.8 Å². The van der Waals surface area contributed by atoms with Crippen LogP contribution in [-0.4, -0.2) is 22.5 Å². The van der Waals surface area contributed by atoms with Gasteiger partial charge in [0.25, 0.3) is 0 Å². The predicted octanol–water partition coefficient (Wildman–Crippen LogP) is 6.43. The fourth-order valence-corrected chi connectivity index (χ4v) is 3.62. The lowest BCUT2D eigenvalue weighted by molar-refractivity contribution is -0.136. The molecule has 4 aromatic rings. The van der Waals surface area contributed by atoms with E-state index in [9.17, 15) is 4.79 Å². The van der Waals surface area contributed by atoms with E-state index in [-0.39, 0.29) is 6.61 Å². The van der Waals surface area contributed by atoms with E-state index in [1.165, 1.54) is 12.4 Å². The summed E-state index contributed by atoms with van der Waals surface area (Å²) in [7, 11) is 0. The highest BCUT2D eigenvalue weighted by Crippen LogP contribution is 2.29. The molecular formula is C22H14BrCl2N3O3. The van der Waals surface area contributed by atoms with Gasteiger partial charge in [-0.1, -0.05) is 45.2 Å². The maximum atomic E-state index is 12.2. The summed E-state index contributed by atoms with van der Waals surface area (Å²) in [5.41, 5.74) is 1.51. The van der Waals surface area contributed by atoms with E-state index in [1.54, 1.807) is 30.3 Å². The van der Waals surface area contributed by atoms with Crippen LogP contribution in [0.25, 0.3) is 10.9 Å². The Kier molecular flexibility index (Phi) is 6.56. The molecule has 156 valence electrons. The molecule has 0 aliphatic heterocycles. The monoisotopic (exact) mass is 517 g/mol. The standard InChI is InChI=1S/C22H14BrCl2N3O3/c23-13-4-6-19-17(8-13)22(27-12-26-19)28-15-2-1-3-16(10-15)31-21(29)11-30-20-7-5-14(24)9-18(20)25/h1-10,12H,11H2,(H,26,27,28). The predicted molar refractivity (Wildman–Crippen MR) is 125 cm³/mol. The van der Waals surface area contributed by atoms with Crippen molar-refractivity contribution in [3.8, 4) is 11.5 Å². The fourth-order valence-electron chi connectivity index (χ4n) is 2.79. The molecule has 9 heteroatoms. The van der Waals surface area contributed by atoms with Gasteiger partial charge in [0.05, 0.1) is 10.5 Å². The average molecular weight is 519 g/mol. The van der Waals surface area contributed by atoms with Crippen molar-refractivity contribution in [2.45, 2.75) is 0 Å². The lowest BCUT2D eigenvalue weighted by Gasteiger charge is -2.11. The van der Waals surface area contributed by atoms with Crippen LogP contribution < -0.4 is 14.8 Å². The van der Waals surface area contributed by atoms with E-state index in [1.807, 2.05) is 24.3 Å². The molecular weight excluding hydrogens is 505 g/mol. The number of aromatic nitrogens is 2. The third-order valence-electron chi connectivity index (χ3n) is 4.17. The van der Waals surface area contributed by atoms with Crippen molar-refractivity contribution in [2.75, 3.05) is 11.9 Å². The van der Waals surface area contributed by atoms with Gasteiger partial charge in [0.1, 0.15) is 23.6 Å². The molecule has 1 N–H and O–H groups in total. The summed E-state index contributed by atoms with van der Waals surface area (Å²) in [6, 6.07) is 17.5. The Morgan fingerprint density at radius 1 is 1.03 bits per heavy atom. The molecule has 0 atom stereocenters. The summed E-state index contributed by atoms with van der Waals surface area (Å²) < 4.78 is 11.7. The highest BCUT2D eigenvalue weighted by molar-refractivity contribution is 9.10. The molecule has 0 unspecified atom stereocenters. The van der Waals surface area contributed by atoms with Gasteiger partial charge in [-0.3, -0.25) is 0 Å². The maximum absolute atomic E-state index is 12.2. The summed E-state index contributed by atoms with van der Waals surface area (Å²) in [5, 5.41) is 4.88. The van der Waals surface area contributed by atoms with Crippen molar-refractivity contribution in [1.82, 2.24) is 9.97 Å². The third-order valence-corrected chi connectivity index (χ3v) is 5.19. The number of nitrogens with one attached hydrogen (secondary N) is 1. The Balaban J connectivity index is 1.44. The number of ether oxygens (including phenoxy) is 2. The normalized spacial score (nSPS) is 10.7. The van der Waals surface area contributed by atoms with Crippen LogP contribution in [0.4, 0.5) is 11.5 Å². The van der Waals surface area contributed by atoms with E-state index in [2.05, 4.69) is 31.2 Å². The number of carbonyl (C=O) groups excluding carboxylic acids is 1. The van der Waals surface area contributed by atoms with Gasteiger partial charge in [-0.05, 0) is 48.5 Å². The number of carbonyl (C=O) groups is 1. The second-order valence-electron chi connectivity index (χ2n) is 6.37. The van der Waals surface area contributed by atoms with E-state index >= 15 is 0 Å². The van der Waals surface area contributed by atoms with Gasteiger partial charge in [-0.25, -0.2) is 14.8 Å². The highest BCUT2D eigenvalue weighted by atomic mass is 79.9. The maximum Gasteiger partial charge on any atom is 0.349 e. The van der Waals surface area contributed by atoms with Crippen LogP contribution in [0.3, 0.4) is 0 Å². The van der Waals surface area contributed by atoms with Crippen LogP contribution >= 0.6 is 39.1 Å². The molecule has 0 amide bonds. The topological polar surface area (TPSA) is 73.3 Å². The van der Waals surface area contributed by atoms with Gasteiger partial charge in [-0.2, -0.15) is 0 Å². The number of benzene rings is 3. The summed E-state index contributed by atoms with van der Waals surface area (Å²) >= 11 is 15.4. The van der Waals surface area contributed by atoms with Crippen molar-refractivity contribution in [2.24, 2.45) is 0 Å². The number of hydrogen-bond acceptors (Lipinski definition) is 6. The molecule has 0 saturated carbocycles. The van der Waals surface area contributed by atoms with Crippen molar-refractivity contribution < 1.29 is 14.3 Å². The molecule has 31 heavy (non-hydrogen) atoms. The SMILES string of the molecule is O=C(COc1ccc(Cl)cc1Cl)Oc1cccc(Nc2ncnc3ccc(Br)cc23)c1. The second-order valence-corrected chi connectivity index (χ2v) is 8.13. The Labute approximate surface area is 196 Å². The van der Waals surface area contributed by atoms with E-state index in [0.29, 0.717) is 33.0 Å². The number of rotatable bonds is 6. The summed E-state index contributed by atoms with van der Waals surface area (Å²) in [5.74, 6) is 0.774. The van der Waals surface area contributed by atoms with Gasteiger partial charge in [0.2, 0.25) is 0 Å². The van der Waals surface area contributed by atoms with Gasteiger partial charge in [0.15, 0.2) is 6.61 Å². The van der Waals surface area contributed by atoms with Crippen LogP contribution in [0.1, 0.15) is 0 Å². The number of fused-ring (bicyclic) bond motifs is 1. The first-order chi connectivity index (χ1) is 15.0.